The van der Waals surface area contributed by atoms with Gasteiger partial charge in [-0.3, -0.25) is 34.2 Å². The lowest BCUT2D eigenvalue weighted by Gasteiger charge is -2.37. The summed E-state index contributed by atoms with van der Waals surface area (Å²) in [6.45, 7) is 8.19. The number of carbonyl (C=O) groups is 5. The first-order valence-corrected chi connectivity index (χ1v) is 19.5. The van der Waals surface area contributed by atoms with Crippen LogP contribution >= 0.6 is 0 Å². The van der Waals surface area contributed by atoms with Crippen molar-refractivity contribution in [3.63, 3.8) is 0 Å². The van der Waals surface area contributed by atoms with Crippen LogP contribution in [0, 0.1) is 11.3 Å². The quantitative estimate of drug-likeness (QED) is 0.309. The van der Waals surface area contributed by atoms with Gasteiger partial charge in [-0.1, -0.05) is 24.3 Å². The van der Waals surface area contributed by atoms with Crippen LogP contribution in [0.4, 0.5) is 11.5 Å². The summed E-state index contributed by atoms with van der Waals surface area (Å²) in [6.07, 6.45) is 6.68. The Morgan fingerprint density at radius 3 is 2.40 bits per heavy atom. The van der Waals surface area contributed by atoms with Gasteiger partial charge in [0.05, 0.1) is 36.2 Å². The lowest BCUT2D eigenvalue weighted by molar-refractivity contribution is -0.136. The summed E-state index contributed by atoms with van der Waals surface area (Å²) >= 11 is 0. The lowest BCUT2D eigenvalue weighted by Crippen LogP contribution is -2.54. The van der Waals surface area contributed by atoms with E-state index in [2.05, 4.69) is 49.3 Å². The zero-order valence-corrected chi connectivity index (χ0v) is 30.9. The van der Waals surface area contributed by atoms with Crippen molar-refractivity contribution in [1.29, 1.82) is 0 Å². The molecule has 0 aliphatic carbocycles. The van der Waals surface area contributed by atoms with Gasteiger partial charge < -0.3 is 25.2 Å². The number of likely N-dealkylation sites (tertiary alicyclic amines) is 1. The Bertz CT molecular complexity index is 2060. The largest absolute Gasteiger partial charge is 0.380 e. The number of piperidine rings is 2. The molecule has 7 heterocycles. The molecule has 5 saturated heterocycles. The molecule has 0 saturated carbocycles. The molecule has 3 aromatic rings. The van der Waals surface area contributed by atoms with Crippen molar-refractivity contribution in [2.24, 2.45) is 17.1 Å². The van der Waals surface area contributed by atoms with Crippen LogP contribution in [0.25, 0.3) is 0 Å². The molecule has 55 heavy (non-hydrogen) atoms. The molecule has 0 bridgehead atoms. The number of benzene rings is 2. The number of nitrogens with zero attached hydrogens (tertiary/aromatic N) is 6. The Morgan fingerprint density at radius 1 is 0.909 bits per heavy atom. The van der Waals surface area contributed by atoms with Crippen LogP contribution in [0.2, 0.25) is 0 Å². The Morgan fingerprint density at radius 2 is 1.69 bits per heavy atom. The molecular formula is C41H46N8O6. The van der Waals surface area contributed by atoms with E-state index >= 15 is 0 Å². The fourth-order valence-electron chi connectivity index (χ4n) is 9.44. The van der Waals surface area contributed by atoms with Crippen LogP contribution in [-0.4, -0.2) is 114 Å². The van der Waals surface area contributed by atoms with E-state index in [9.17, 15) is 24.0 Å². The van der Waals surface area contributed by atoms with E-state index in [1.165, 1.54) is 5.56 Å². The predicted octanol–water partition coefficient (Wildman–Crippen LogP) is 2.50. The van der Waals surface area contributed by atoms with E-state index in [-0.39, 0.29) is 29.9 Å². The number of primary amides is 1. The van der Waals surface area contributed by atoms with Crippen LogP contribution in [0.5, 0.6) is 0 Å². The van der Waals surface area contributed by atoms with E-state index < -0.39 is 29.7 Å². The van der Waals surface area contributed by atoms with E-state index in [0.29, 0.717) is 35.1 Å². The Labute approximate surface area is 319 Å². The van der Waals surface area contributed by atoms with E-state index in [1.807, 2.05) is 6.07 Å². The maximum Gasteiger partial charge on any atom is 0.269 e. The second-order valence-electron chi connectivity index (χ2n) is 16.3. The molecular weight excluding hydrogens is 701 g/mol. The van der Waals surface area contributed by atoms with Crippen LogP contribution in [0.1, 0.15) is 92.5 Å². The molecule has 6 aliphatic heterocycles. The number of aromatic nitrogens is 2. The zero-order valence-electron chi connectivity index (χ0n) is 30.9. The molecule has 0 radical (unpaired) electrons. The number of nitrogens with two attached hydrogens (primary N) is 1. The first kappa shape index (κ1) is 35.5. The normalized spacial score (nSPS) is 24.1. The lowest BCUT2D eigenvalue weighted by atomic mass is 9.85. The number of hydrogen-bond donors (Lipinski definition) is 2. The molecule has 3 N–H and O–H groups in total. The average molecular weight is 747 g/mol. The summed E-state index contributed by atoms with van der Waals surface area (Å²) in [4.78, 5) is 80.3. The number of carbonyl (C=O) groups excluding carboxylic acids is 5. The Kier molecular flexibility index (Phi) is 9.12. The number of hydrogen-bond acceptors (Lipinski definition) is 11. The molecule has 5 fully saturated rings. The fourth-order valence-corrected chi connectivity index (χ4v) is 9.44. The van der Waals surface area contributed by atoms with Gasteiger partial charge in [-0.15, -0.1) is 0 Å². The molecule has 14 nitrogen and oxygen atoms in total. The zero-order chi connectivity index (χ0) is 37.8. The Balaban J connectivity index is 0.772. The summed E-state index contributed by atoms with van der Waals surface area (Å²) in [6, 6.07) is 13.1. The average Bonchev–Trinajstić information content (AvgIpc) is 3.90. The topological polar surface area (TPSA) is 171 Å². The Hall–Kier alpha value is -5.21. The van der Waals surface area contributed by atoms with Crippen molar-refractivity contribution in [2.75, 3.05) is 68.8 Å². The highest BCUT2D eigenvalue weighted by Crippen LogP contribution is 2.39. The second kappa shape index (κ2) is 14.1. The van der Waals surface area contributed by atoms with Crippen LogP contribution in [0.3, 0.4) is 0 Å². The minimum Gasteiger partial charge on any atom is -0.380 e. The van der Waals surface area contributed by atoms with Gasteiger partial charge in [0.1, 0.15) is 17.6 Å². The molecule has 1 aromatic heterocycles. The van der Waals surface area contributed by atoms with E-state index in [1.54, 1.807) is 18.3 Å². The number of amides is 5. The van der Waals surface area contributed by atoms with Gasteiger partial charge in [-0.25, -0.2) is 9.97 Å². The summed E-state index contributed by atoms with van der Waals surface area (Å²) < 4.78 is 5.48. The highest BCUT2D eigenvalue weighted by molar-refractivity contribution is 6.23. The monoisotopic (exact) mass is 746 g/mol. The molecule has 286 valence electrons. The molecule has 1 spiro atoms. The van der Waals surface area contributed by atoms with Gasteiger partial charge in [0.15, 0.2) is 0 Å². The summed E-state index contributed by atoms with van der Waals surface area (Å²) in [5.74, 6) is -0.744. The fraction of sp³-hybridized carbons (Fsp3) is 0.488. The minimum atomic E-state index is -0.967. The van der Waals surface area contributed by atoms with Crippen molar-refractivity contribution >= 4 is 41.0 Å². The second-order valence-corrected chi connectivity index (χ2v) is 16.3. The number of nitrogens with one attached hydrogen (secondary N) is 1. The maximum absolute atomic E-state index is 13.4. The van der Waals surface area contributed by atoms with Gasteiger partial charge in [0.2, 0.25) is 11.8 Å². The highest BCUT2D eigenvalue weighted by atomic mass is 16.5. The number of rotatable bonds is 9. The summed E-state index contributed by atoms with van der Waals surface area (Å²) in [5.41, 5.74) is 10.7. The van der Waals surface area contributed by atoms with Crippen molar-refractivity contribution in [2.45, 2.75) is 56.9 Å². The van der Waals surface area contributed by atoms with Crippen LogP contribution in [-0.2, 0) is 20.7 Å². The van der Waals surface area contributed by atoms with Crippen LogP contribution in [0.15, 0.2) is 48.7 Å². The third kappa shape index (κ3) is 6.75. The third-order valence-corrected chi connectivity index (χ3v) is 12.6. The molecule has 14 heteroatoms. The van der Waals surface area contributed by atoms with Gasteiger partial charge >= 0.3 is 0 Å². The number of fused-ring (bicyclic) bond motifs is 1. The minimum absolute atomic E-state index is 0.0969. The SMILES string of the molecule is NC(=O)c1ncc(N2CCC3(COC3)C2)nc1Cc1ccc(C2CCN(C[C@H]3CCN(c4ccc5c(c4)C(=O)N(C4CCC(=O)NC4=O)C5=O)C3)CC2)cc1. The third-order valence-electron chi connectivity index (χ3n) is 12.6. The molecule has 6 aliphatic rings. The maximum atomic E-state index is 13.4. The molecule has 9 rings (SSSR count). The smallest absolute Gasteiger partial charge is 0.269 e. The van der Waals surface area contributed by atoms with Gasteiger partial charge in [0, 0.05) is 56.7 Å². The predicted molar refractivity (Wildman–Crippen MR) is 202 cm³/mol. The van der Waals surface area contributed by atoms with Crippen LogP contribution < -0.4 is 20.9 Å². The number of imide groups is 2. The molecule has 2 aromatic carbocycles. The molecule has 5 amide bonds. The number of anilines is 2. The van der Waals surface area contributed by atoms with Crippen molar-refractivity contribution in [3.8, 4) is 0 Å². The standard InChI is InChI=1S/C41H46N8O6/c42-37(51)36-32(44-34(19-43-36)48-16-12-41(22-48)23-55-24-41)17-25-1-3-27(4-2-25)28-10-13-46(14-11-28)20-26-9-15-47(21-26)29-5-6-30-31(18-29)40(54)49(39(30)53)33-7-8-35(50)45-38(33)52/h1-6,18-19,26,28,33H,7-17,20-24H2,(H2,42,51)(H,45,50,52)/t26-,33?/m1/s1. The van der Waals surface area contributed by atoms with Crippen molar-refractivity contribution in [3.05, 3.63) is 82.3 Å². The van der Waals surface area contributed by atoms with E-state index in [4.69, 9.17) is 15.5 Å². The summed E-state index contributed by atoms with van der Waals surface area (Å²) in [7, 11) is 0. The van der Waals surface area contributed by atoms with Crippen molar-refractivity contribution in [1.82, 2.24) is 25.1 Å². The van der Waals surface area contributed by atoms with Crippen molar-refractivity contribution < 1.29 is 28.7 Å². The number of ether oxygens (including phenoxy) is 1. The highest BCUT2D eigenvalue weighted by Gasteiger charge is 2.46. The van der Waals surface area contributed by atoms with Gasteiger partial charge in [-0.05, 0) is 86.4 Å². The van der Waals surface area contributed by atoms with Gasteiger partial charge in [0.25, 0.3) is 17.7 Å². The first-order chi connectivity index (χ1) is 26.6. The van der Waals surface area contributed by atoms with E-state index in [0.717, 1.165) is 107 Å². The molecule has 2 atom stereocenters. The summed E-state index contributed by atoms with van der Waals surface area (Å²) in [5, 5.41) is 2.25. The van der Waals surface area contributed by atoms with Gasteiger partial charge in [-0.2, -0.15) is 0 Å². The first-order valence-electron chi connectivity index (χ1n) is 19.5. The molecule has 1 unspecified atom stereocenters.